The molecule has 1 heterocycles. The lowest BCUT2D eigenvalue weighted by Crippen LogP contribution is -1.83. The first-order valence-corrected chi connectivity index (χ1v) is 2.97. The van der Waals surface area contributed by atoms with Gasteiger partial charge in [-0.3, -0.25) is 4.18 Å². The molecule has 3 heteroatoms. The highest BCUT2D eigenvalue weighted by atomic mass is 32.2. The molecular formula is C3H5O2S. The van der Waals surface area contributed by atoms with E-state index in [-0.39, 0.29) is 0 Å². The molecule has 1 saturated heterocycles. The van der Waals surface area contributed by atoms with E-state index in [1.165, 1.54) is 0 Å². The van der Waals surface area contributed by atoms with E-state index in [1.807, 2.05) is 6.42 Å². The Morgan fingerprint density at radius 1 is 1.83 bits per heavy atom. The Morgan fingerprint density at radius 2 is 2.67 bits per heavy atom. The van der Waals surface area contributed by atoms with Gasteiger partial charge in [0, 0.05) is 6.42 Å². The highest BCUT2D eigenvalue weighted by Crippen LogP contribution is 1.98. The Morgan fingerprint density at radius 3 is 2.83 bits per heavy atom. The molecule has 1 fully saturated rings. The van der Waals surface area contributed by atoms with Gasteiger partial charge < -0.3 is 0 Å². The third-order valence-electron chi connectivity index (χ3n) is 0.571. The van der Waals surface area contributed by atoms with Crippen LogP contribution >= 0.6 is 0 Å². The minimum Gasteiger partial charge on any atom is -0.290 e. The molecule has 0 N–H and O–H groups in total. The molecule has 6 heavy (non-hydrogen) atoms. The second-order valence-electron chi connectivity index (χ2n) is 1.04. The molecule has 1 atom stereocenters. The van der Waals surface area contributed by atoms with Crippen LogP contribution in [0.3, 0.4) is 0 Å². The summed E-state index contributed by atoms with van der Waals surface area (Å²) in [6.07, 6.45) is 1.86. The summed E-state index contributed by atoms with van der Waals surface area (Å²) in [5.41, 5.74) is 0. The zero-order valence-corrected chi connectivity index (χ0v) is 4.03. The summed E-state index contributed by atoms with van der Waals surface area (Å²) in [6, 6.07) is 0. The van der Waals surface area contributed by atoms with E-state index in [1.54, 1.807) is 0 Å². The topological polar surface area (TPSA) is 26.3 Å². The standard InChI is InChI=1S/C3H5O2S/c4-6-3-1-2-5-6/h1H,2-3H2. The maximum atomic E-state index is 10.1. The molecule has 1 unspecified atom stereocenters. The summed E-state index contributed by atoms with van der Waals surface area (Å²) in [4.78, 5) is 0. The van der Waals surface area contributed by atoms with E-state index in [0.717, 1.165) is 0 Å². The predicted octanol–water partition coefficient (Wildman–Crippen LogP) is -0.115. The van der Waals surface area contributed by atoms with Crippen LogP contribution in [-0.2, 0) is 15.3 Å². The Hall–Kier alpha value is 0.110. The highest BCUT2D eigenvalue weighted by Gasteiger charge is 2.06. The smallest absolute Gasteiger partial charge is 0.155 e. The molecule has 0 spiro atoms. The lowest BCUT2D eigenvalue weighted by molar-refractivity contribution is 0.406. The fourth-order valence-electron chi connectivity index (χ4n) is 0.316. The second-order valence-corrected chi connectivity index (χ2v) is 2.22. The Bertz CT molecular complexity index is 63.2. The predicted molar refractivity (Wildman–Crippen MR) is 23.3 cm³/mol. The van der Waals surface area contributed by atoms with E-state index in [0.29, 0.717) is 12.4 Å². The fraction of sp³-hybridized carbons (Fsp3) is 0.667. The first-order valence-electron chi connectivity index (χ1n) is 1.73. The summed E-state index contributed by atoms with van der Waals surface area (Å²) in [5.74, 6) is 0.611. The zero-order chi connectivity index (χ0) is 4.41. The molecular weight excluding hydrogens is 100 g/mol. The van der Waals surface area contributed by atoms with Gasteiger partial charge in [-0.15, -0.1) is 0 Å². The molecule has 1 aliphatic heterocycles. The molecule has 2 nitrogen and oxygen atoms in total. The van der Waals surface area contributed by atoms with Gasteiger partial charge in [0.2, 0.25) is 0 Å². The number of rotatable bonds is 0. The molecule has 0 aromatic carbocycles. The van der Waals surface area contributed by atoms with Crippen LogP contribution in [0.15, 0.2) is 0 Å². The highest BCUT2D eigenvalue weighted by molar-refractivity contribution is 7.80. The number of hydrogen-bond donors (Lipinski definition) is 0. The van der Waals surface area contributed by atoms with Crippen LogP contribution in [-0.4, -0.2) is 16.6 Å². The maximum absolute atomic E-state index is 10.1. The lowest BCUT2D eigenvalue weighted by Gasteiger charge is -1.78. The van der Waals surface area contributed by atoms with E-state index >= 15 is 0 Å². The minimum absolute atomic E-state index is 0.562. The molecule has 0 aromatic heterocycles. The van der Waals surface area contributed by atoms with Gasteiger partial charge >= 0.3 is 0 Å². The van der Waals surface area contributed by atoms with Gasteiger partial charge in [-0.1, -0.05) is 0 Å². The van der Waals surface area contributed by atoms with Crippen molar-refractivity contribution in [1.82, 2.24) is 0 Å². The summed E-state index contributed by atoms with van der Waals surface area (Å²) in [7, 11) is 0. The van der Waals surface area contributed by atoms with Crippen LogP contribution in [0, 0.1) is 6.42 Å². The lowest BCUT2D eigenvalue weighted by atomic mass is 10.5. The van der Waals surface area contributed by atoms with Crippen LogP contribution in [0.4, 0.5) is 0 Å². The van der Waals surface area contributed by atoms with Crippen molar-refractivity contribution in [2.24, 2.45) is 0 Å². The van der Waals surface area contributed by atoms with Crippen molar-refractivity contribution in [3.8, 4) is 0 Å². The van der Waals surface area contributed by atoms with Gasteiger partial charge in [0.15, 0.2) is 11.1 Å². The molecule has 0 bridgehead atoms. The van der Waals surface area contributed by atoms with Gasteiger partial charge in [0.05, 0.1) is 12.4 Å². The average Bonchev–Trinajstić information content (AvgIpc) is 1.86. The van der Waals surface area contributed by atoms with E-state index < -0.39 is 11.1 Å². The molecule has 1 rings (SSSR count). The van der Waals surface area contributed by atoms with Crippen LogP contribution in [0.5, 0.6) is 0 Å². The van der Waals surface area contributed by atoms with E-state index in [2.05, 4.69) is 4.18 Å². The molecule has 1 radical (unpaired) electrons. The van der Waals surface area contributed by atoms with Crippen molar-refractivity contribution in [1.29, 1.82) is 0 Å². The maximum Gasteiger partial charge on any atom is 0.155 e. The van der Waals surface area contributed by atoms with Gasteiger partial charge in [-0.05, 0) is 0 Å². The monoisotopic (exact) mass is 105 g/mol. The van der Waals surface area contributed by atoms with Crippen LogP contribution in [0.1, 0.15) is 0 Å². The van der Waals surface area contributed by atoms with Gasteiger partial charge in [0.1, 0.15) is 0 Å². The largest absolute Gasteiger partial charge is 0.290 e. The zero-order valence-electron chi connectivity index (χ0n) is 3.22. The van der Waals surface area contributed by atoms with Gasteiger partial charge in [-0.2, -0.15) is 0 Å². The third-order valence-corrected chi connectivity index (χ3v) is 1.48. The van der Waals surface area contributed by atoms with Crippen molar-refractivity contribution < 1.29 is 8.39 Å². The third kappa shape index (κ3) is 0.786. The first kappa shape index (κ1) is 4.27. The first-order chi connectivity index (χ1) is 2.89. The van der Waals surface area contributed by atoms with Crippen molar-refractivity contribution in [3.63, 3.8) is 0 Å². The fourth-order valence-corrected chi connectivity index (χ4v) is 0.949. The molecule has 35 valence electrons. The van der Waals surface area contributed by atoms with E-state index in [9.17, 15) is 4.21 Å². The Kier molecular flexibility index (Phi) is 1.22. The second kappa shape index (κ2) is 1.71. The summed E-state index contributed by atoms with van der Waals surface area (Å²) < 4.78 is 14.7. The van der Waals surface area contributed by atoms with Crippen LogP contribution in [0.2, 0.25) is 0 Å². The van der Waals surface area contributed by atoms with Crippen molar-refractivity contribution >= 4 is 11.1 Å². The summed E-state index contributed by atoms with van der Waals surface area (Å²) >= 11 is -0.978. The molecule has 0 aliphatic carbocycles. The SMILES string of the molecule is O=S1C[CH]CO1. The Labute approximate surface area is 39.2 Å². The molecule has 0 aromatic rings. The van der Waals surface area contributed by atoms with Crippen molar-refractivity contribution in [2.75, 3.05) is 12.4 Å². The summed E-state index contributed by atoms with van der Waals surface area (Å²) in [6.45, 7) is 0.562. The van der Waals surface area contributed by atoms with E-state index in [4.69, 9.17) is 0 Å². The normalized spacial score (nSPS) is 34.3. The average molecular weight is 105 g/mol. The quantitative estimate of drug-likeness (QED) is 0.429. The minimum atomic E-state index is -0.978. The van der Waals surface area contributed by atoms with Gasteiger partial charge in [0.25, 0.3) is 0 Å². The van der Waals surface area contributed by atoms with Crippen molar-refractivity contribution in [3.05, 3.63) is 6.42 Å². The Balaban J connectivity index is 2.37. The van der Waals surface area contributed by atoms with Gasteiger partial charge in [-0.25, -0.2) is 4.21 Å². The van der Waals surface area contributed by atoms with Crippen molar-refractivity contribution in [2.45, 2.75) is 0 Å². The van der Waals surface area contributed by atoms with Crippen LogP contribution < -0.4 is 0 Å². The molecule has 0 amide bonds. The summed E-state index contributed by atoms with van der Waals surface area (Å²) in [5, 5.41) is 0. The van der Waals surface area contributed by atoms with Crippen LogP contribution in [0.25, 0.3) is 0 Å². The molecule has 1 aliphatic rings. The molecule has 0 saturated carbocycles. The number of hydrogen-bond acceptors (Lipinski definition) is 2.